The fraction of sp³-hybridized carbons (Fsp3) is 0.619. The van der Waals surface area contributed by atoms with Crippen LogP contribution < -0.4 is 5.73 Å². The van der Waals surface area contributed by atoms with E-state index < -0.39 is 0 Å². The molecule has 2 aliphatic heterocycles. The van der Waals surface area contributed by atoms with E-state index in [1.165, 1.54) is 30.5 Å². The normalized spacial score (nSPS) is 23.0. The molecule has 0 amide bonds. The Morgan fingerprint density at radius 3 is 2.54 bits per heavy atom. The average molecular weight is 329 g/mol. The number of nitrogens with two attached hydrogens (primary N) is 1. The molecule has 0 aromatic heterocycles. The molecule has 24 heavy (non-hydrogen) atoms. The smallest absolute Gasteiger partial charge is 0.0633 e. The van der Waals surface area contributed by atoms with Crippen molar-refractivity contribution in [2.75, 3.05) is 25.4 Å². The first-order chi connectivity index (χ1) is 11.4. The summed E-state index contributed by atoms with van der Waals surface area (Å²) >= 11 is 0. The molecule has 2 fully saturated rings. The van der Waals surface area contributed by atoms with E-state index >= 15 is 0 Å². The summed E-state index contributed by atoms with van der Waals surface area (Å²) in [5, 5.41) is 0. The zero-order chi connectivity index (χ0) is 17.2. The Labute approximate surface area is 146 Å². The monoisotopic (exact) mass is 328 g/mol. The molecule has 0 aliphatic carbocycles. The van der Waals surface area contributed by atoms with E-state index in [0.717, 1.165) is 38.2 Å². The van der Waals surface area contributed by atoms with Crippen molar-refractivity contribution < 1.29 is 4.74 Å². The maximum Gasteiger partial charge on any atom is 0.0633 e. The lowest BCUT2D eigenvalue weighted by atomic mass is 9.74. The average Bonchev–Trinajstić information content (AvgIpc) is 2.86. The van der Waals surface area contributed by atoms with Crippen LogP contribution in [0.1, 0.15) is 58.4 Å². The number of allylic oxidation sites excluding steroid dienone is 1. The molecule has 1 aromatic carbocycles. The molecular weight excluding hydrogens is 296 g/mol. The molecule has 0 bridgehead atoms. The minimum Gasteiger partial charge on any atom is -0.398 e. The van der Waals surface area contributed by atoms with Gasteiger partial charge in [-0.15, -0.1) is 0 Å². The number of piperidine rings is 1. The SMILES string of the molecule is CCC/C=C(\c1ccccc1N)N1CCC2(CC1)COC(C)(C)C2. The summed E-state index contributed by atoms with van der Waals surface area (Å²) in [7, 11) is 0. The van der Waals surface area contributed by atoms with Crippen molar-refractivity contribution in [1.29, 1.82) is 0 Å². The highest BCUT2D eigenvalue weighted by molar-refractivity contribution is 5.74. The Balaban J connectivity index is 1.76. The first kappa shape index (κ1) is 17.3. The standard InChI is InChI=1S/C21H32N2O/c1-4-5-10-19(17-8-6-7-9-18(17)22)23-13-11-21(12-14-23)15-20(2,3)24-16-21/h6-10H,4-5,11-16,22H2,1-3H3/b19-10+. The molecule has 2 aliphatic rings. The van der Waals surface area contributed by atoms with Crippen molar-refractivity contribution in [2.45, 2.75) is 58.5 Å². The molecule has 0 radical (unpaired) electrons. The third kappa shape index (κ3) is 3.61. The maximum absolute atomic E-state index is 6.26. The summed E-state index contributed by atoms with van der Waals surface area (Å²) < 4.78 is 6.04. The quantitative estimate of drug-likeness (QED) is 0.815. The Hall–Kier alpha value is -1.48. The second kappa shape index (κ2) is 6.79. The van der Waals surface area contributed by atoms with Gasteiger partial charge in [-0.2, -0.15) is 0 Å². The van der Waals surface area contributed by atoms with Gasteiger partial charge in [-0.3, -0.25) is 0 Å². The van der Waals surface area contributed by atoms with Crippen LogP contribution in [0.25, 0.3) is 5.70 Å². The molecule has 3 rings (SSSR count). The number of likely N-dealkylation sites (tertiary alicyclic amines) is 1. The van der Waals surface area contributed by atoms with Gasteiger partial charge in [-0.1, -0.05) is 37.6 Å². The fourth-order valence-electron chi connectivity index (χ4n) is 4.32. The zero-order valence-corrected chi connectivity index (χ0v) is 15.5. The van der Waals surface area contributed by atoms with Crippen molar-refractivity contribution in [3.05, 3.63) is 35.9 Å². The number of para-hydroxylation sites is 1. The summed E-state index contributed by atoms with van der Waals surface area (Å²) in [6.07, 6.45) is 8.25. The zero-order valence-electron chi connectivity index (χ0n) is 15.5. The van der Waals surface area contributed by atoms with E-state index in [1.807, 2.05) is 12.1 Å². The van der Waals surface area contributed by atoms with Crippen molar-refractivity contribution in [3.8, 4) is 0 Å². The summed E-state index contributed by atoms with van der Waals surface area (Å²) in [5.74, 6) is 0. The number of rotatable bonds is 4. The molecule has 1 aromatic rings. The van der Waals surface area contributed by atoms with Gasteiger partial charge in [-0.05, 0) is 51.0 Å². The second-order valence-electron chi connectivity index (χ2n) is 8.18. The Bertz CT molecular complexity index is 598. The summed E-state index contributed by atoms with van der Waals surface area (Å²) in [6, 6.07) is 8.26. The molecule has 3 nitrogen and oxygen atoms in total. The van der Waals surface area contributed by atoms with Gasteiger partial charge in [-0.25, -0.2) is 0 Å². The number of nitrogens with zero attached hydrogens (tertiary/aromatic N) is 1. The second-order valence-corrected chi connectivity index (χ2v) is 8.18. The summed E-state index contributed by atoms with van der Waals surface area (Å²) in [5.41, 5.74) is 10.1. The summed E-state index contributed by atoms with van der Waals surface area (Å²) in [6.45, 7) is 9.81. The number of unbranched alkanes of at least 4 members (excludes halogenated alkanes) is 1. The van der Waals surface area contributed by atoms with E-state index in [0.29, 0.717) is 5.41 Å². The number of nitrogen functional groups attached to an aromatic ring is 1. The van der Waals surface area contributed by atoms with Crippen LogP contribution in [0.3, 0.4) is 0 Å². The van der Waals surface area contributed by atoms with Crippen LogP contribution in [-0.4, -0.2) is 30.2 Å². The van der Waals surface area contributed by atoms with Crippen molar-refractivity contribution in [1.82, 2.24) is 4.90 Å². The molecule has 0 saturated carbocycles. The minimum absolute atomic E-state index is 0.0485. The lowest BCUT2D eigenvalue weighted by Gasteiger charge is -2.41. The number of hydrogen-bond donors (Lipinski definition) is 1. The number of anilines is 1. The van der Waals surface area contributed by atoms with Crippen molar-refractivity contribution in [2.24, 2.45) is 5.41 Å². The topological polar surface area (TPSA) is 38.5 Å². The highest BCUT2D eigenvalue weighted by atomic mass is 16.5. The van der Waals surface area contributed by atoms with Gasteiger partial charge < -0.3 is 15.4 Å². The van der Waals surface area contributed by atoms with E-state index in [-0.39, 0.29) is 5.60 Å². The van der Waals surface area contributed by atoms with Crippen LogP contribution in [0.2, 0.25) is 0 Å². The number of hydrogen-bond acceptors (Lipinski definition) is 3. The Kier molecular flexibility index (Phi) is 4.91. The van der Waals surface area contributed by atoms with Gasteiger partial charge >= 0.3 is 0 Å². The van der Waals surface area contributed by atoms with E-state index in [1.54, 1.807) is 0 Å². The van der Waals surface area contributed by atoms with Crippen LogP contribution >= 0.6 is 0 Å². The molecular formula is C21H32N2O. The Morgan fingerprint density at radius 1 is 1.25 bits per heavy atom. The van der Waals surface area contributed by atoms with Crippen LogP contribution in [0.4, 0.5) is 5.69 Å². The van der Waals surface area contributed by atoms with E-state index in [9.17, 15) is 0 Å². The highest BCUT2D eigenvalue weighted by Crippen LogP contribution is 2.47. The van der Waals surface area contributed by atoms with Crippen LogP contribution in [-0.2, 0) is 4.74 Å². The predicted molar refractivity (Wildman–Crippen MR) is 102 cm³/mol. The first-order valence-electron chi connectivity index (χ1n) is 9.39. The number of benzene rings is 1. The largest absolute Gasteiger partial charge is 0.398 e. The summed E-state index contributed by atoms with van der Waals surface area (Å²) in [4.78, 5) is 2.54. The highest BCUT2D eigenvalue weighted by Gasteiger charge is 2.46. The molecule has 2 saturated heterocycles. The van der Waals surface area contributed by atoms with Gasteiger partial charge in [0.2, 0.25) is 0 Å². The van der Waals surface area contributed by atoms with Gasteiger partial charge in [0.1, 0.15) is 0 Å². The minimum atomic E-state index is 0.0485. The van der Waals surface area contributed by atoms with Gasteiger partial charge in [0, 0.05) is 30.0 Å². The molecule has 3 heteroatoms. The molecule has 132 valence electrons. The molecule has 0 unspecified atom stereocenters. The molecule has 1 spiro atoms. The number of ether oxygens (including phenoxy) is 1. The predicted octanol–water partition coefficient (Wildman–Crippen LogP) is 4.69. The lowest BCUT2D eigenvalue weighted by Crippen LogP contribution is -2.40. The van der Waals surface area contributed by atoms with Crippen molar-refractivity contribution in [3.63, 3.8) is 0 Å². The lowest BCUT2D eigenvalue weighted by molar-refractivity contribution is 0.0269. The Morgan fingerprint density at radius 2 is 1.96 bits per heavy atom. The fourth-order valence-corrected chi connectivity index (χ4v) is 4.32. The van der Waals surface area contributed by atoms with Crippen molar-refractivity contribution >= 4 is 11.4 Å². The first-order valence-corrected chi connectivity index (χ1v) is 9.39. The van der Waals surface area contributed by atoms with Gasteiger partial charge in [0.05, 0.1) is 12.2 Å². The van der Waals surface area contributed by atoms with Crippen LogP contribution in [0.15, 0.2) is 30.3 Å². The third-order valence-electron chi connectivity index (χ3n) is 5.60. The van der Waals surface area contributed by atoms with E-state index in [2.05, 4.69) is 43.9 Å². The van der Waals surface area contributed by atoms with Gasteiger partial charge in [0.15, 0.2) is 0 Å². The maximum atomic E-state index is 6.26. The van der Waals surface area contributed by atoms with Gasteiger partial charge in [0.25, 0.3) is 0 Å². The van der Waals surface area contributed by atoms with Crippen LogP contribution in [0, 0.1) is 5.41 Å². The van der Waals surface area contributed by atoms with E-state index in [4.69, 9.17) is 10.5 Å². The van der Waals surface area contributed by atoms with Crippen LogP contribution in [0.5, 0.6) is 0 Å². The molecule has 0 atom stereocenters. The molecule has 2 heterocycles. The molecule has 2 N–H and O–H groups in total. The third-order valence-corrected chi connectivity index (χ3v) is 5.60.